The van der Waals surface area contributed by atoms with Crippen LogP contribution in [0.3, 0.4) is 0 Å². The summed E-state index contributed by atoms with van der Waals surface area (Å²) in [6.07, 6.45) is 1.46. The first-order chi connectivity index (χ1) is 9.59. The lowest BCUT2D eigenvalue weighted by atomic mass is 10.2. The van der Waals surface area contributed by atoms with E-state index in [-0.39, 0.29) is 16.7 Å². The van der Waals surface area contributed by atoms with Crippen molar-refractivity contribution in [3.05, 3.63) is 22.2 Å². The average Bonchev–Trinajstić information content (AvgIpc) is 3.06. The molecule has 104 valence electrons. The average molecular weight is 297 g/mol. The first-order valence-corrected chi connectivity index (χ1v) is 6.33. The molecule has 1 atom stereocenters. The topological polar surface area (TPSA) is 102 Å². The van der Waals surface area contributed by atoms with Gasteiger partial charge in [-0.25, -0.2) is 4.63 Å². The fraction of sp³-hybridized carbons (Fsp3) is 0.364. The van der Waals surface area contributed by atoms with Gasteiger partial charge in [0.2, 0.25) is 10.8 Å². The molecule has 0 spiro atoms. The molecule has 0 saturated carbocycles. The molecule has 0 aliphatic carbocycles. The summed E-state index contributed by atoms with van der Waals surface area (Å²) < 4.78 is 4.60. The molecule has 3 rings (SSSR count). The van der Waals surface area contributed by atoms with Crippen LogP contribution in [0.15, 0.2) is 16.8 Å². The standard InChI is InChI=1S/C11H9ClN4O4/c12-11(17)8-2-1-5-15(8)6-3-4-7(16(18)19)10-9(6)13-20-14-10/h3-4,8H,1-2,5H2/t8-/m0/s1. The molecule has 1 aromatic heterocycles. The largest absolute Gasteiger partial charge is 0.358 e. The molecule has 0 bridgehead atoms. The van der Waals surface area contributed by atoms with Crippen LogP contribution in [0.5, 0.6) is 0 Å². The molecule has 0 amide bonds. The van der Waals surface area contributed by atoms with E-state index in [1.165, 1.54) is 6.07 Å². The smallest absolute Gasteiger partial charge is 0.300 e. The van der Waals surface area contributed by atoms with E-state index in [1.807, 2.05) is 0 Å². The number of halogens is 1. The number of non-ortho nitro benzene ring substituents is 1. The van der Waals surface area contributed by atoms with Gasteiger partial charge in [0.25, 0.3) is 0 Å². The number of hydrogen-bond acceptors (Lipinski definition) is 7. The van der Waals surface area contributed by atoms with E-state index >= 15 is 0 Å². The molecular formula is C11H9ClN4O4. The van der Waals surface area contributed by atoms with Gasteiger partial charge >= 0.3 is 5.69 Å². The van der Waals surface area contributed by atoms with E-state index < -0.39 is 16.2 Å². The Morgan fingerprint density at radius 3 is 2.90 bits per heavy atom. The minimum atomic E-state index is -0.551. The Morgan fingerprint density at radius 1 is 1.45 bits per heavy atom. The van der Waals surface area contributed by atoms with Crippen molar-refractivity contribution in [2.75, 3.05) is 11.4 Å². The fourth-order valence-electron chi connectivity index (χ4n) is 2.51. The quantitative estimate of drug-likeness (QED) is 0.484. The van der Waals surface area contributed by atoms with Gasteiger partial charge < -0.3 is 4.90 Å². The zero-order chi connectivity index (χ0) is 14.3. The van der Waals surface area contributed by atoms with Crippen molar-refractivity contribution in [2.24, 2.45) is 0 Å². The van der Waals surface area contributed by atoms with Gasteiger partial charge in [0, 0.05) is 12.6 Å². The Hall–Kier alpha value is -2.22. The van der Waals surface area contributed by atoms with Crippen molar-refractivity contribution in [2.45, 2.75) is 18.9 Å². The number of nitrogens with zero attached hydrogens (tertiary/aromatic N) is 4. The van der Waals surface area contributed by atoms with E-state index in [9.17, 15) is 14.9 Å². The number of nitro groups is 1. The number of hydrogen-bond donors (Lipinski definition) is 0. The van der Waals surface area contributed by atoms with Crippen molar-refractivity contribution < 1.29 is 14.3 Å². The molecule has 20 heavy (non-hydrogen) atoms. The third-order valence-electron chi connectivity index (χ3n) is 3.39. The van der Waals surface area contributed by atoms with E-state index in [0.717, 1.165) is 6.42 Å². The molecule has 2 aromatic rings. The number of fused-ring (bicyclic) bond motifs is 1. The molecule has 1 fully saturated rings. The lowest BCUT2D eigenvalue weighted by Gasteiger charge is -2.23. The lowest BCUT2D eigenvalue weighted by molar-refractivity contribution is -0.383. The molecule has 0 radical (unpaired) electrons. The number of aromatic nitrogens is 2. The van der Waals surface area contributed by atoms with Gasteiger partial charge in [0.1, 0.15) is 6.04 Å². The lowest BCUT2D eigenvalue weighted by Crippen LogP contribution is -2.33. The van der Waals surface area contributed by atoms with Crippen LogP contribution in [0.1, 0.15) is 12.8 Å². The molecule has 0 N–H and O–H groups in total. The summed E-state index contributed by atoms with van der Waals surface area (Å²) in [6.45, 7) is 0.628. The van der Waals surface area contributed by atoms with Crippen LogP contribution < -0.4 is 4.90 Å². The predicted molar refractivity (Wildman–Crippen MR) is 69.7 cm³/mol. The summed E-state index contributed by atoms with van der Waals surface area (Å²) in [5.41, 5.74) is 0.727. The van der Waals surface area contributed by atoms with Gasteiger partial charge in [-0.1, -0.05) is 0 Å². The highest BCUT2D eigenvalue weighted by molar-refractivity contribution is 6.65. The Bertz CT molecular complexity index is 701. The summed E-state index contributed by atoms with van der Waals surface area (Å²) in [4.78, 5) is 23.6. The van der Waals surface area contributed by atoms with Crippen LogP contribution in [0.4, 0.5) is 11.4 Å². The van der Waals surface area contributed by atoms with Crippen molar-refractivity contribution in [3.8, 4) is 0 Å². The van der Waals surface area contributed by atoms with E-state index in [0.29, 0.717) is 18.7 Å². The summed E-state index contributed by atoms with van der Waals surface area (Å²) in [5.74, 6) is 0. The Labute approximate surface area is 117 Å². The zero-order valence-electron chi connectivity index (χ0n) is 10.2. The minimum Gasteiger partial charge on any atom is -0.358 e. The maximum Gasteiger partial charge on any atom is 0.300 e. The number of benzene rings is 1. The first-order valence-electron chi connectivity index (χ1n) is 5.95. The second-order valence-electron chi connectivity index (χ2n) is 4.48. The highest BCUT2D eigenvalue weighted by Gasteiger charge is 2.32. The van der Waals surface area contributed by atoms with E-state index in [1.54, 1.807) is 11.0 Å². The molecule has 8 nitrogen and oxygen atoms in total. The fourth-order valence-corrected chi connectivity index (χ4v) is 2.74. The van der Waals surface area contributed by atoms with Gasteiger partial charge in [0.05, 0.1) is 10.6 Å². The van der Waals surface area contributed by atoms with Crippen molar-refractivity contribution in [1.29, 1.82) is 0 Å². The van der Waals surface area contributed by atoms with Crippen molar-refractivity contribution in [3.63, 3.8) is 0 Å². The van der Waals surface area contributed by atoms with Crippen LogP contribution in [-0.4, -0.2) is 33.1 Å². The van der Waals surface area contributed by atoms with Crippen LogP contribution in [-0.2, 0) is 4.79 Å². The number of nitro benzene ring substituents is 1. The zero-order valence-corrected chi connectivity index (χ0v) is 10.9. The van der Waals surface area contributed by atoms with Crippen LogP contribution >= 0.6 is 11.6 Å². The summed E-state index contributed by atoms with van der Waals surface area (Å²) in [6, 6.07) is 2.43. The number of carbonyl (C=O) groups excluding carboxylic acids is 1. The Balaban J connectivity index is 2.13. The molecule has 1 saturated heterocycles. The molecule has 9 heteroatoms. The van der Waals surface area contributed by atoms with Crippen LogP contribution in [0.2, 0.25) is 0 Å². The van der Waals surface area contributed by atoms with Crippen LogP contribution in [0.25, 0.3) is 11.0 Å². The highest BCUT2D eigenvalue weighted by Crippen LogP contribution is 2.35. The van der Waals surface area contributed by atoms with E-state index in [2.05, 4.69) is 14.9 Å². The monoisotopic (exact) mass is 296 g/mol. The first kappa shape index (κ1) is 12.8. The number of anilines is 1. The second kappa shape index (κ2) is 4.71. The second-order valence-corrected chi connectivity index (χ2v) is 4.85. The van der Waals surface area contributed by atoms with Gasteiger partial charge in [-0.15, -0.1) is 0 Å². The van der Waals surface area contributed by atoms with Gasteiger partial charge in [-0.3, -0.25) is 14.9 Å². The molecule has 1 aliphatic rings. The SMILES string of the molecule is O=C(Cl)[C@@H]1CCCN1c1ccc([N+](=O)[O-])c2nonc12. The predicted octanol–water partition coefficient (Wildman–Crippen LogP) is 1.87. The normalized spacial score (nSPS) is 18.6. The van der Waals surface area contributed by atoms with Crippen molar-refractivity contribution >= 4 is 39.3 Å². The molecule has 0 unspecified atom stereocenters. The summed E-state index contributed by atoms with van der Waals surface area (Å²) >= 11 is 5.59. The number of rotatable bonds is 3. The number of carbonyl (C=O) groups is 1. The van der Waals surface area contributed by atoms with Crippen molar-refractivity contribution in [1.82, 2.24) is 10.3 Å². The van der Waals surface area contributed by atoms with E-state index in [4.69, 9.17) is 11.6 Å². The third-order valence-corrected chi connectivity index (χ3v) is 3.65. The maximum atomic E-state index is 11.4. The minimum absolute atomic E-state index is 0.0696. The van der Waals surface area contributed by atoms with Gasteiger partial charge in [0.15, 0.2) is 5.52 Å². The molecule has 1 aliphatic heterocycles. The molecule has 2 heterocycles. The van der Waals surface area contributed by atoms with Gasteiger partial charge in [-0.2, -0.15) is 0 Å². The maximum absolute atomic E-state index is 11.4. The summed E-state index contributed by atoms with van der Waals surface area (Å²) in [5, 5.41) is 17.8. The summed E-state index contributed by atoms with van der Waals surface area (Å²) in [7, 11) is 0. The highest BCUT2D eigenvalue weighted by atomic mass is 35.5. The van der Waals surface area contributed by atoms with Crippen LogP contribution in [0, 0.1) is 10.1 Å². The molecule has 1 aromatic carbocycles. The molecular weight excluding hydrogens is 288 g/mol. The van der Waals surface area contributed by atoms with Gasteiger partial charge in [-0.05, 0) is 40.8 Å². The third kappa shape index (κ3) is 1.88. The Kier molecular flexibility index (Phi) is 3.01. The Morgan fingerprint density at radius 2 is 2.20 bits per heavy atom.